The molecule has 0 unspecified atom stereocenters. The van der Waals surface area contributed by atoms with E-state index in [0.717, 1.165) is 12.8 Å². The van der Waals surface area contributed by atoms with Gasteiger partial charge in [0, 0.05) is 12.2 Å². The van der Waals surface area contributed by atoms with Crippen molar-refractivity contribution in [3.05, 3.63) is 78.1 Å². The van der Waals surface area contributed by atoms with Gasteiger partial charge in [-0.2, -0.15) is 0 Å². The molecule has 0 saturated heterocycles. The van der Waals surface area contributed by atoms with Gasteiger partial charge in [-0.05, 0) is 54.2 Å². The lowest BCUT2D eigenvalue weighted by Crippen LogP contribution is -2.26. The van der Waals surface area contributed by atoms with E-state index in [2.05, 4.69) is 0 Å². The van der Waals surface area contributed by atoms with E-state index >= 15 is 4.39 Å². The molecule has 0 radical (unpaired) electrons. The summed E-state index contributed by atoms with van der Waals surface area (Å²) in [4.78, 5) is 36.9. The highest BCUT2D eigenvalue weighted by Gasteiger charge is 2.24. The van der Waals surface area contributed by atoms with E-state index in [1.165, 1.54) is 6.07 Å². The van der Waals surface area contributed by atoms with E-state index in [9.17, 15) is 14.4 Å². The summed E-state index contributed by atoms with van der Waals surface area (Å²) in [6, 6.07) is 18.1. The van der Waals surface area contributed by atoms with Crippen LogP contribution in [0.5, 0.6) is 5.75 Å². The van der Waals surface area contributed by atoms with Crippen molar-refractivity contribution in [2.45, 2.75) is 46.6 Å². The minimum Gasteiger partial charge on any atom is -0.434 e. The molecule has 39 heavy (non-hydrogen) atoms. The first kappa shape index (κ1) is 29.5. The zero-order chi connectivity index (χ0) is 28.4. The molecule has 0 aromatic heterocycles. The van der Waals surface area contributed by atoms with Crippen LogP contribution in [0.15, 0.2) is 66.7 Å². The zero-order valence-corrected chi connectivity index (χ0v) is 22.6. The lowest BCUT2D eigenvalue weighted by molar-refractivity contribution is -0.146. The van der Waals surface area contributed by atoms with Gasteiger partial charge in [-0.1, -0.05) is 75.7 Å². The first-order chi connectivity index (χ1) is 18.7. The fraction of sp³-hybridized carbons (Fsp3) is 0.323. The molecule has 0 N–H and O–H groups in total. The summed E-state index contributed by atoms with van der Waals surface area (Å²) in [7, 11) is 0. The predicted molar refractivity (Wildman–Crippen MR) is 145 cm³/mol. The number of ether oxygens (including phenoxy) is 4. The minimum absolute atomic E-state index is 0.0925. The molecule has 2 atom stereocenters. The van der Waals surface area contributed by atoms with Crippen molar-refractivity contribution < 1.29 is 37.7 Å². The molecule has 0 aliphatic heterocycles. The van der Waals surface area contributed by atoms with Gasteiger partial charge in [0.05, 0.1) is 12.2 Å². The molecule has 0 aliphatic carbocycles. The van der Waals surface area contributed by atoms with Crippen LogP contribution in [0.2, 0.25) is 0 Å². The summed E-state index contributed by atoms with van der Waals surface area (Å²) in [5.74, 6) is -2.09. The molecule has 0 aliphatic rings. The van der Waals surface area contributed by atoms with Gasteiger partial charge in [0.15, 0.2) is 6.10 Å². The minimum atomic E-state index is -1.18. The van der Waals surface area contributed by atoms with Crippen molar-refractivity contribution in [3.8, 4) is 28.0 Å². The fourth-order valence-electron chi connectivity index (χ4n) is 3.61. The van der Waals surface area contributed by atoms with Crippen molar-refractivity contribution in [3.63, 3.8) is 0 Å². The van der Waals surface area contributed by atoms with E-state index < -0.39 is 35.6 Å². The van der Waals surface area contributed by atoms with Crippen LogP contribution in [0.25, 0.3) is 22.3 Å². The van der Waals surface area contributed by atoms with Crippen molar-refractivity contribution in [2.24, 2.45) is 5.92 Å². The maximum atomic E-state index is 15.9. The molecular weight excluding hydrogens is 503 g/mol. The Morgan fingerprint density at radius 3 is 2.21 bits per heavy atom. The Kier molecular flexibility index (Phi) is 10.8. The molecule has 0 spiro atoms. The number of rotatable bonds is 11. The van der Waals surface area contributed by atoms with Crippen molar-refractivity contribution in [1.82, 2.24) is 0 Å². The molecule has 0 amide bonds. The number of carbonyl (C=O) groups excluding carboxylic acids is 3. The quantitative estimate of drug-likeness (QED) is 0.145. The lowest BCUT2D eigenvalue weighted by Gasteiger charge is -2.15. The van der Waals surface area contributed by atoms with Gasteiger partial charge in [0.2, 0.25) is 0 Å². The van der Waals surface area contributed by atoms with Gasteiger partial charge in [-0.25, -0.2) is 18.8 Å². The summed E-state index contributed by atoms with van der Waals surface area (Å²) in [6.07, 6.45) is -0.313. The second-order valence-electron chi connectivity index (χ2n) is 9.14. The molecule has 0 heterocycles. The maximum Gasteiger partial charge on any atom is 0.516 e. The van der Waals surface area contributed by atoms with Crippen LogP contribution in [0, 0.1) is 11.7 Å². The molecule has 3 aromatic rings. The zero-order valence-electron chi connectivity index (χ0n) is 22.6. The van der Waals surface area contributed by atoms with Crippen molar-refractivity contribution in [2.75, 3.05) is 13.2 Å². The largest absolute Gasteiger partial charge is 0.516 e. The van der Waals surface area contributed by atoms with E-state index in [1.807, 2.05) is 20.8 Å². The van der Waals surface area contributed by atoms with E-state index in [1.54, 1.807) is 67.6 Å². The van der Waals surface area contributed by atoms with Gasteiger partial charge in [0.25, 0.3) is 0 Å². The smallest absolute Gasteiger partial charge is 0.434 e. The fourth-order valence-corrected chi connectivity index (χ4v) is 3.61. The van der Waals surface area contributed by atoms with Gasteiger partial charge in [-0.3, -0.25) is 0 Å². The molecule has 0 fully saturated rings. The van der Waals surface area contributed by atoms with E-state index in [-0.39, 0.29) is 18.1 Å². The number of hydrogen-bond acceptors (Lipinski definition) is 7. The molecular formula is C31H33FO7. The predicted octanol–water partition coefficient (Wildman–Crippen LogP) is 7.22. The Morgan fingerprint density at radius 2 is 1.56 bits per heavy atom. The highest BCUT2D eigenvalue weighted by atomic mass is 19.1. The van der Waals surface area contributed by atoms with Crippen LogP contribution in [0.3, 0.4) is 0 Å². The Bertz CT molecular complexity index is 1270. The third kappa shape index (κ3) is 7.97. The molecule has 0 bridgehead atoms. The maximum absolute atomic E-state index is 15.9. The van der Waals surface area contributed by atoms with Crippen LogP contribution in [0.1, 0.15) is 50.9 Å². The molecule has 206 valence electrons. The normalized spacial score (nSPS) is 12.3. The van der Waals surface area contributed by atoms with Gasteiger partial charge < -0.3 is 18.9 Å². The van der Waals surface area contributed by atoms with Gasteiger partial charge in [-0.15, -0.1) is 0 Å². The van der Waals surface area contributed by atoms with Crippen LogP contribution in [0.4, 0.5) is 9.18 Å². The summed E-state index contributed by atoms with van der Waals surface area (Å²) in [5, 5.41) is 0. The van der Waals surface area contributed by atoms with Crippen LogP contribution >= 0.6 is 0 Å². The van der Waals surface area contributed by atoms with Crippen LogP contribution in [-0.4, -0.2) is 37.4 Å². The summed E-state index contributed by atoms with van der Waals surface area (Å²) in [5.41, 5.74) is 1.40. The Morgan fingerprint density at radius 1 is 0.872 bits per heavy atom. The molecule has 8 heteroatoms. The highest BCUT2D eigenvalue weighted by molar-refractivity contribution is 5.98. The lowest BCUT2D eigenvalue weighted by atomic mass is 9.92. The van der Waals surface area contributed by atoms with E-state index in [4.69, 9.17) is 18.9 Å². The Balaban J connectivity index is 1.88. The van der Waals surface area contributed by atoms with Crippen molar-refractivity contribution in [1.29, 1.82) is 0 Å². The van der Waals surface area contributed by atoms with E-state index in [0.29, 0.717) is 29.0 Å². The SMILES string of the molecule is CCCO[C@@H](C)C(=O)Oc1ccc(-c2ccc(C(=O)OC(=O)OC[C@@H](C)CC)c(F)c2-c2ccccc2)cc1. The van der Waals surface area contributed by atoms with Crippen LogP contribution in [-0.2, 0) is 19.0 Å². The second kappa shape index (κ2) is 14.2. The number of benzene rings is 3. The first-order valence-corrected chi connectivity index (χ1v) is 13.0. The molecule has 3 aromatic carbocycles. The highest BCUT2D eigenvalue weighted by Crippen LogP contribution is 2.36. The first-order valence-electron chi connectivity index (χ1n) is 13.0. The average Bonchev–Trinajstić information content (AvgIpc) is 2.95. The average molecular weight is 537 g/mol. The third-order valence-electron chi connectivity index (χ3n) is 6.07. The standard InChI is InChI=1S/C31H33FO7/c1-5-18-36-21(4)29(33)38-24-14-12-22(13-15-24)25-16-17-26(28(32)27(25)23-10-8-7-9-11-23)30(34)39-31(35)37-19-20(3)6-2/h7-17,20-21H,5-6,18-19H2,1-4H3/t20-,21-/m0/s1. The van der Waals surface area contributed by atoms with Crippen LogP contribution < -0.4 is 4.74 Å². The van der Waals surface area contributed by atoms with Gasteiger partial charge in [0.1, 0.15) is 11.6 Å². The third-order valence-corrected chi connectivity index (χ3v) is 6.07. The van der Waals surface area contributed by atoms with Gasteiger partial charge >= 0.3 is 18.1 Å². The second-order valence-corrected chi connectivity index (χ2v) is 9.14. The Hall–Kier alpha value is -4.04. The summed E-state index contributed by atoms with van der Waals surface area (Å²) in [6.45, 7) is 7.94. The number of carbonyl (C=O) groups is 3. The molecule has 0 saturated carbocycles. The number of esters is 2. The molecule has 3 rings (SSSR count). The summed E-state index contributed by atoms with van der Waals surface area (Å²) < 4.78 is 36.4. The molecule has 7 nitrogen and oxygen atoms in total. The topological polar surface area (TPSA) is 88.1 Å². The Labute approximate surface area is 227 Å². The monoisotopic (exact) mass is 536 g/mol. The number of halogens is 1. The number of hydrogen-bond donors (Lipinski definition) is 0. The van der Waals surface area contributed by atoms with Crippen molar-refractivity contribution >= 4 is 18.1 Å². The summed E-state index contributed by atoms with van der Waals surface area (Å²) >= 11 is 0.